The Labute approximate surface area is 77.7 Å². The average molecular weight is 243 g/mol. The van der Waals surface area contributed by atoms with E-state index in [0.717, 1.165) is 0 Å². The number of halogens is 1. The largest absolute Gasteiger partial charge is 0.388 e. The quantitative estimate of drug-likeness (QED) is 0.390. The summed E-state index contributed by atoms with van der Waals surface area (Å²) in [7, 11) is 0. The lowest BCUT2D eigenvalue weighted by Gasteiger charge is -2.41. The van der Waals surface area contributed by atoms with Crippen LogP contribution in [-0.4, -0.2) is 49.5 Å². The van der Waals surface area contributed by atoms with Crippen molar-refractivity contribution in [2.24, 2.45) is 0 Å². The second kappa shape index (κ2) is 3.21. The number of hydrogen-bond donors (Lipinski definition) is 4. The van der Waals surface area contributed by atoms with E-state index < -0.39 is 29.1 Å². The van der Waals surface area contributed by atoms with Crippen molar-refractivity contribution in [1.82, 2.24) is 0 Å². The third-order valence-corrected chi connectivity index (χ3v) is 2.53. The Balaban J connectivity index is 2.78. The molecule has 1 unspecified atom stereocenters. The monoisotopic (exact) mass is 242 g/mol. The van der Waals surface area contributed by atoms with Gasteiger partial charge in [0.05, 0.1) is 6.10 Å². The topological polar surface area (TPSA) is 90.2 Å². The van der Waals surface area contributed by atoms with Gasteiger partial charge in [-0.15, -0.1) is 0 Å². The number of aliphatic hydroxyl groups is 4. The van der Waals surface area contributed by atoms with Crippen LogP contribution >= 0.6 is 15.9 Å². The first kappa shape index (κ1) is 10.4. The highest BCUT2D eigenvalue weighted by Crippen LogP contribution is 2.32. The maximum Gasteiger partial charge on any atom is 0.254 e. The second-order valence-electron chi connectivity index (χ2n) is 2.86. The second-order valence-corrected chi connectivity index (χ2v) is 3.99. The molecule has 1 saturated heterocycles. The molecule has 0 aromatic heterocycles. The number of aliphatic hydroxyl groups excluding tert-OH is 3. The molecule has 1 heterocycles. The molecule has 5 atom stereocenters. The van der Waals surface area contributed by atoms with E-state index in [1.807, 2.05) is 0 Å². The van der Waals surface area contributed by atoms with E-state index in [2.05, 4.69) is 15.9 Å². The van der Waals surface area contributed by atoms with Crippen LogP contribution in [0.1, 0.15) is 6.92 Å². The number of ether oxygens (including phenoxy) is 1. The van der Waals surface area contributed by atoms with Crippen molar-refractivity contribution in [2.45, 2.75) is 36.0 Å². The molecule has 0 aromatic carbocycles. The Hall–Kier alpha value is 0.280. The van der Waals surface area contributed by atoms with Gasteiger partial charge in [0.1, 0.15) is 18.3 Å². The van der Waals surface area contributed by atoms with Crippen LogP contribution in [-0.2, 0) is 4.74 Å². The number of hydrogen-bond acceptors (Lipinski definition) is 5. The zero-order valence-electron chi connectivity index (χ0n) is 6.38. The molecule has 0 spiro atoms. The molecule has 0 bridgehead atoms. The lowest BCUT2D eigenvalue weighted by molar-refractivity contribution is -0.293. The van der Waals surface area contributed by atoms with Crippen molar-refractivity contribution in [3.05, 3.63) is 0 Å². The highest BCUT2D eigenvalue weighted by atomic mass is 79.9. The predicted octanol–water partition coefficient (Wildman–Crippen LogP) is -1.47. The van der Waals surface area contributed by atoms with E-state index in [1.165, 1.54) is 6.92 Å². The SMILES string of the molecule is C[C@@H]1OC(O)(Br)[C@H](O)[C@H](O)[C@H]1O. The van der Waals surface area contributed by atoms with Gasteiger partial charge in [-0.1, -0.05) is 0 Å². The first-order valence-electron chi connectivity index (χ1n) is 3.49. The fraction of sp³-hybridized carbons (Fsp3) is 1.00. The van der Waals surface area contributed by atoms with Gasteiger partial charge in [-0.25, -0.2) is 0 Å². The molecule has 1 aliphatic heterocycles. The molecule has 5 nitrogen and oxygen atoms in total. The molecule has 6 heteroatoms. The van der Waals surface area contributed by atoms with Crippen LogP contribution < -0.4 is 0 Å². The van der Waals surface area contributed by atoms with E-state index in [4.69, 9.17) is 9.84 Å². The molecule has 72 valence electrons. The summed E-state index contributed by atoms with van der Waals surface area (Å²) in [5, 5.41) is 36.8. The van der Waals surface area contributed by atoms with E-state index in [-0.39, 0.29) is 0 Å². The lowest BCUT2D eigenvalue weighted by Crippen LogP contribution is -2.61. The maximum atomic E-state index is 9.27. The first-order chi connectivity index (χ1) is 5.36. The van der Waals surface area contributed by atoms with Crippen LogP contribution in [0.25, 0.3) is 0 Å². The molecule has 4 N–H and O–H groups in total. The molecule has 0 radical (unpaired) electrons. The third kappa shape index (κ3) is 1.63. The summed E-state index contributed by atoms with van der Waals surface area (Å²) < 4.78 is 2.80. The predicted molar refractivity (Wildman–Crippen MR) is 42.4 cm³/mol. The molecule has 0 aliphatic carbocycles. The molecular weight excluding hydrogens is 232 g/mol. The highest BCUT2D eigenvalue weighted by molar-refractivity contribution is 9.10. The van der Waals surface area contributed by atoms with Gasteiger partial charge in [0.25, 0.3) is 4.70 Å². The average Bonchev–Trinajstić information content (AvgIpc) is 1.97. The van der Waals surface area contributed by atoms with Crippen LogP contribution in [0.4, 0.5) is 0 Å². The molecule has 1 fully saturated rings. The van der Waals surface area contributed by atoms with E-state index in [0.29, 0.717) is 0 Å². The zero-order chi connectivity index (χ0) is 9.52. The van der Waals surface area contributed by atoms with Crippen molar-refractivity contribution in [3.8, 4) is 0 Å². The van der Waals surface area contributed by atoms with Crippen molar-refractivity contribution in [2.75, 3.05) is 0 Å². The maximum absolute atomic E-state index is 9.27. The van der Waals surface area contributed by atoms with Crippen LogP contribution in [0.5, 0.6) is 0 Å². The van der Waals surface area contributed by atoms with Crippen molar-refractivity contribution < 1.29 is 25.2 Å². The van der Waals surface area contributed by atoms with Crippen LogP contribution in [0.2, 0.25) is 0 Å². The Bertz CT molecular complexity index is 173. The van der Waals surface area contributed by atoms with Gasteiger partial charge in [-0.3, -0.25) is 0 Å². The lowest BCUT2D eigenvalue weighted by atomic mass is 10.0. The zero-order valence-corrected chi connectivity index (χ0v) is 7.97. The van der Waals surface area contributed by atoms with Crippen molar-refractivity contribution in [1.29, 1.82) is 0 Å². The van der Waals surface area contributed by atoms with Crippen LogP contribution in [0.15, 0.2) is 0 Å². The van der Waals surface area contributed by atoms with Crippen molar-refractivity contribution >= 4 is 15.9 Å². The molecule has 0 aromatic rings. The summed E-state index contributed by atoms with van der Waals surface area (Å²) in [5.74, 6) is 0. The third-order valence-electron chi connectivity index (χ3n) is 1.87. The fourth-order valence-electron chi connectivity index (χ4n) is 1.08. The minimum atomic E-state index is -1.98. The molecule has 0 amide bonds. The van der Waals surface area contributed by atoms with E-state index >= 15 is 0 Å². The summed E-state index contributed by atoms with van der Waals surface area (Å²) in [4.78, 5) is 0. The Morgan fingerprint density at radius 3 is 2.25 bits per heavy atom. The smallest absolute Gasteiger partial charge is 0.254 e. The molecule has 1 rings (SSSR count). The summed E-state index contributed by atoms with van der Waals surface area (Å²) in [6.45, 7) is 1.48. The van der Waals surface area contributed by atoms with Crippen LogP contribution in [0, 0.1) is 0 Å². The van der Waals surface area contributed by atoms with E-state index in [9.17, 15) is 15.3 Å². The molecule has 1 aliphatic rings. The van der Waals surface area contributed by atoms with E-state index in [1.54, 1.807) is 0 Å². The number of rotatable bonds is 0. The van der Waals surface area contributed by atoms with Gasteiger partial charge in [0.2, 0.25) is 0 Å². The Morgan fingerprint density at radius 1 is 1.25 bits per heavy atom. The Kier molecular flexibility index (Phi) is 2.77. The molecule has 12 heavy (non-hydrogen) atoms. The van der Waals surface area contributed by atoms with Gasteiger partial charge in [0.15, 0.2) is 0 Å². The van der Waals surface area contributed by atoms with Gasteiger partial charge >= 0.3 is 0 Å². The summed E-state index contributed by atoms with van der Waals surface area (Å²) in [6, 6.07) is 0. The highest BCUT2D eigenvalue weighted by Gasteiger charge is 2.49. The van der Waals surface area contributed by atoms with Crippen molar-refractivity contribution in [3.63, 3.8) is 0 Å². The minimum absolute atomic E-state index is 0.743. The van der Waals surface area contributed by atoms with Gasteiger partial charge in [0, 0.05) is 0 Å². The standard InChI is InChI=1S/C6H11BrO5/c1-2-3(8)4(9)5(10)6(7,11)12-2/h2-5,8-11H,1H3/t2-,3-,4+,5+,6?/m0/s1. The fourth-order valence-corrected chi connectivity index (χ4v) is 1.64. The van der Waals surface area contributed by atoms with Crippen LogP contribution in [0.3, 0.4) is 0 Å². The normalized spacial score (nSPS) is 55.5. The number of alkyl halides is 1. The van der Waals surface area contributed by atoms with Gasteiger partial charge < -0.3 is 25.2 Å². The minimum Gasteiger partial charge on any atom is -0.388 e. The first-order valence-corrected chi connectivity index (χ1v) is 4.29. The Morgan fingerprint density at radius 2 is 1.75 bits per heavy atom. The van der Waals surface area contributed by atoms with Gasteiger partial charge in [-0.05, 0) is 22.9 Å². The summed E-state index contributed by atoms with van der Waals surface area (Å²) in [6.07, 6.45) is -4.92. The van der Waals surface area contributed by atoms with Gasteiger partial charge in [-0.2, -0.15) is 0 Å². The summed E-state index contributed by atoms with van der Waals surface area (Å²) >= 11 is 2.68. The molecule has 0 saturated carbocycles. The molecular formula is C6H11BrO5. The summed E-state index contributed by atoms with van der Waals surface area (Å²) in [5.41, 5.74) is 0.